The largest absolute Gasteiger partial charge is 0.356 e. The molecule has 1 aliphatic heterocycles. The molecular weight excluding hydrogens is 410 g/mol. The number of carbonyl (C=O) groups excluding carboxylic acids is 2. The number of carbonyl (C=O) groups is 2. The van der Waals surface area contributed by atoms with Gasteiger partial charge in [-0.2, -0.15) is 0 Å². The highest BCUT2D eigenvalue weighted by atomic mass is 16.2. The van der Waals surface area contributed by atoms with E-state index in [1.807, 2.05) is 11.8 Å². The third-order valence-electron chi connectivity index (χ3n) is 6.49. The SMILES string of the molecule is CCNC(=O)[C@]1(Cc2ccc(-c3ccc(C)cc3)cc2)CCCN(C(=O)c2ccncc2)C1. The van der Waals surface area contributed by atoms with Crippen molar-refractivity contribution in [2.24, 2.45) is 5.41 Å². The Kier molecular flexibility index (Phi) is 6.87. The number of benzene rings is 2. The number of aromatic nitrogens is 1. The third kappa shape index (κ3) is 5.14. The second kappa shape index (κ2) is 9.99. The van der Waals surface area contributed by atoms with Crippen LogP contribution in [0.15, 0.2) is 73.1 Å². The monoisotopic (exact) mass is 441 g/mol. The number of hydrogen-bond acceptors (Lipinski definition) is 3. The molecule has 3 aromatic rings. The quantitative estimate of drug-likeness (QED) is 0.605. The number of aryl methyl sites for hydroxylation is 1. The van der Waals surface area contributed by atoms with Crippen molar-refractivity contribution in [1.29, 1.82) is 0 Å². The van der Waals surface area contributed by atoms with Crippen molar-refractivity contribution in [3.63, 3.8) is 0 Å². The predicted octanol–water partition coefficient (Wildman–Crippen LogP) is 4.66. The molecule has 2 aromatic carbocycles. The summed E-state index contributed by atoms with van der Waals surface area (Å²) in [6, 6.07) is 20.4. The van der Waals surface area contributed by atoms with Crippen LogP contribution in [0.1, 0.15) is 41.3 Å². The van der Waals surface area contributed by atoms with Crippen molar-refractivity contribution >= 4 is 11.8 Å². The molecule has 0 bridgehead atoms. The minimum atomic E-state index is -0.637. The van der Waals surface area contributed by atoms with E-state index in [0.717, 1.165) is 24.0 Å². The molecule has 1 saturated heterocycles. The normalized spacial score (nSPS) is 18.1. The van der Waals surface area contributed by atoms with Gasteiger partial charge in [-0.25, -0.2) is 0 Å². The lowest BCUT2D eigenvalue weighted by Crippen LogP contribution is -2.54. The van der Waals surface area contributed by atoms with Gasteiger partial charge in [-0.05, 0) is 61.9 Å². The van der Waals surface area contributed by atoms with Crippen molar-refractivity contribution < 1.29 is 9.59 Å². The van der Waals surface area contributed by atoms with Crippen LogP contribution in [0.3, 0.4) is 0 Å². The molecule has 1 aromatic heterocycles. The lowest BCUT2D eigenvalue weighted by molar-refractivity contribution is -0.133. The van der Waals surface area contributed by atoms with E-state index in [1.54, 1.807) is 24.5 Å². The smallest absolute Gasteiger partial charge is 0.253 e. The van der Waals surface area contributed by atoms with Gasteiger partial charge in [0.1, 0.15) is 0 Å². The Balaban J connectivity index is 1.57. The number of pyridine rings is 1. The Morgan fingerprint density at radius 3 is 2.24 bits per heavy atom. The van der Waals surface area contributed by atoms with Crippen molar-refractivity contribution in [3.05, 3.63) is 89.7 Å². The highest BCUT2D eigenvalue weighted by molar-refractivity contribution is 5.95. The maximum absolute atomic E-state index is 13.3. The molecule has 0 aliphatic carbocycles. The lowest BCUT2D eigenvalue weighted by Gasteiger charge is -2.42. The van der Waals surface area contributed by atoms with E-state index in [9.17, 15) is 9.59 Å². The molecule has 4 rings (SSSR count). The Bertz CT molecular complexity index is 1090. The first-order chi connectivity index (χ1) is 16.0. The van der Waals surface area contributed by atoms with E-state index in [-0.39, 0.29) is 11.8 Å². The van der Waals surface area contributed by atoms with E-state index in [2.05, 4.69) is 65.8 Å². The molecule has 5 nitrogen and oxygen atoms in total. The summed E-state index contributed by atoms with van der Waals surface area (Å²) in [7, 11) is 0. The average Bonchev–Trinajstić information content (AvgIpc) is 2.85. The van der Waals surface area contributed by atoms with E-state index >= 15 is 0 Å². The first-order valence-electron chi connectivity index (χ1n) is 11.6. The Morgan fingerprint density at radius 1 is 0.970 bits per heavy atom. The zero-order valence-electron chi connectivity index (χ0n) is 19.4. The summed E-state index contributed by atoms with van der Waals surface area (Å²) >= 11 is 0. The molecule has 0 saturated carbocycles. The fourth-order valence-electron chi connectivity index (χ4n) is 4.69. The molecule has 5 heteroatoms. The maximum Gasteiger partial charge on any atom is 0.253 e. The lowest BCUT2D eigenvalue weighted by atomic mass is 9.74. The molecule has 33 heavy (non-hydrogen) atoms. The summed E-state index contributed by atoms with van der Waals surface area (Å²) in [5, 5.41) is 3.03. The molecule has 0 radical (unpaired) electrons. The summed E-state index contributed by atoms with van der Waals surface area (Å²) in [5.41, 5.74) is 4.65. The van der Waals surface area contributed by atoms with Gasteiger partial charge in [0.2, 0.25) is 5.91 Å². The van der Waals surface area contributed by atoms with Crippen molar-refractivity contribution in [2.45, 2.75) is 33.1 Å². The fraction of sp³-hybridized carbons (Fsp3) is 0.321. The van der Waals surface area contributed by atoms with Gasteiger partial charge >= 0.3 is 0 Å². The zero-order chi connectivity index (χ0) is 23.3. The number of hydrogen-bond donors (Lipinski definition) is 1. The highest BCUT2D eigenvalue weighted by Gasteiger charge is 2.43. The summed E-state index contributed by atoms with van der Waals surface area (Å²) in [6.45, 7) is 5.67. The molecule has 2 heterocycles. The van der Waals surface area contributed by atoms with Gasteiger partial charge in [-0.15, -0.1) is 0 Å². The molecule has 2 amide bonds. The van der Waals surface area contributed by atoms with Crippen LogP contribution in [0, 0.1) is 12.3 Å². The summed E-state index contributed by atoms with van der Waals surface area (Å²) < 4.78 is 0. The number of likely N-dealkylation sites (tertiary alicyclic amines) is 1. The van der Waals surface area contributed by atoms with Crippen molar-refractivity contribution in [3.8, 4) is 11.1 Å². The number of piperidine rings is 1. The Hall–Kier alpha value is -3.47. The standard InChI is InChI=1S/C28H31N3O2/c1-3-30-27(33)28(15-4-18-31(20-28)26(32)25-13-16-29-17-14-25)19-22-7-11-24(12-8-22)23-9-5-21(2)6-10-23/h5-14,16-17H,3-4,15,18-20H2,1-2H3,(H,30,33)/t28-/m0/s1. The van der Waals surface area contributed by atoms with Crippen molar-refractivity contribution in [2.75, 3.05) is 19.6 Å². The summed E-state index contributed by atoms with van der Waals surface area (Å²) in [4.78, 5) is 32.2. The van der Waals surface area contributed by atoms with E-state index in [1.165, 1.54) is 11.1 Å². The van der Waals surface area contributed by atoms with Crippen LogP contribution in [0.4, 0.5) is 0 Å². The zero-order valence-corrected chi connectivity index (χ0v) is 19.4. The van der Waals surface area contributed by atoms with E-state index in [0.29, 0.717) is 31.6 Å². The first kappa shape index (κ1) is 22.7. The topological polar surface area (TPSA) is 62.3 Å². The minimum absolute atomic E-state index is 0.0276. The van der Waals surface area contributed by atoms with Crippen LogP contribution < -0.4 is 5.32 Å². The van der Waals surface area contributed by atoms with E-state index in [4.69, 9.17) is 0 Å². The molecule has 0 unspecified atom stereocenters. The van der Waals surface area contributed by atoms with Crippen LogP contribution in [0.25, 0.3) is 11.1 Å². The molecule has 1 aliphatic rings. The van der Waals surface area contributed by atoms with Crippen LogP contribution in [-0.2, 0) is 11.2 Å². The second-order valence-electron chi connectivity index (χ2n) is 8.95. The number of nitrogens with zero attached hydrogens (tertiary/aromatic N) is 2. The van der Waals surface area contributed by atoms with Crippen LogP contribution in [0.5, 0.6) is 0 Å². The van der Waals surface area contributed by atoms with Crippen LogP contribution in [0.2, 0.25) is 0 Å². The van der Waals surface area contributed by atoms with Crippen LogP contribution in [-0.4, -0.2) is 41.3 Å². The highest BCUT2D eigenvalue weighted by Crippen LogP contribution is 2.35. The molecule has 1 atom stereocenters. The second-order valence-corrected chi connectivity index (χ2v) is 8.95. The van der Waals surface area contributed by atoms with Gasteiger partial charge in [-0.3, -0.25) is 14.6 Å². The molecule has 1 fully saturated rings. The molecule has 1 N–H and O–H groups in total. The summed E-state index contributed by atoms with van der Waals surface area (Å²) in [6.07, 6.45) is 5.43. The molecular formula is C28H31N3O2. The Labute approximate surface area is 195 Å². The molecule has 170 valence electrons. The van der Waals surface area contributed by atoms with E-state index < -0.39 is 5.41 Å². The van der Waals surface area contributed by atoms with Crippen molar-refractivity contribution in [1.82, 2.24) is 15.2 Å². The minimum Gasteiger partial charge on any atom is -0.356 e. The van der Waals surface area contributed by atoms with Gasteiger partial charge in [-0.1, -0.05) is 54.1 Å². The fourth-order valence-corrected chi connectivity index (χ4v) is 4.69. The first-order valence-corrected chi connectivity index (χ1v) is 11.6. The third-order valence-corrected chi connectivity index (χ3v) is 6.49. The Morgan fingerprint density at radius 2 is 1.61 bits per heavy atom. The number of amides is 2. The van der Waals surface area contributed by atoms with Gasteiger partial charge < -0.3 is 10.2 Å². The average molecular weight is 442 g/mol. The van der Waals surface area contributed by atoms with Gasteiger partial charge in [0.05, 0.1) is 5.41 Å². The predicted molar refractivity (Wildman–Crippen MR) is 131 cm³/mol. The van der Waals surface area contributed by atoms with Crippen LogP contribution >= 0.6 is 0 Å². The van der Waals surface area contributed by atoms with Gasteiger partial charge in [0, 0.05) is 37.6 Å². The van der Waals surface area contributed by atoms with Gasteiger partial charge in [0.15, 0.2) is 0 Å². The summed E-state index contributed by atoms with van der Waals surface area (Å²) in [5.74, 6) is -0.0136. The number of rotatable bonds is 6. The number of nitrogens with one attached hydrogen (secondary N) is 1. The van der Waals surface area contributed by atoms with Gasteiger partial charge in [0.25, 0.3) is 5.91 Å². The molecule has 0 spiro atoms. The maximum atomic E-state index is 13.3.